The zero-order valence-corrected chi connectivity index (χ0v) is 8.94. The van der Waals surface area contributed by atoms with E-state index in [1.807, 2.05) is 24.4 Å². The topological polar surface area (TPSA) is 54.5 Å². The lowest BCUT2D eigenvalue weighted by atomic mass is 10.1. The van der Waals surface area contributed by atoms with Crippen LogP contribution in [0.4, 0.5) is 0 Å². The highest BCUT2D eigenvalue weighted by Gasteiger charge is 2.07. The second-order valence-electron chi connectivity index (χ2n) is 3.31. The number of nitrogens with one attached hydrogen (secondary N) is 1. The van der Waals surface area contributed by atoms with Crippen LogP contribution in [0.5, 0.6) is 0 Å². The fourth-order valence-electron chi connectivity index (χ4n) is 1.65. The molecule has 0 saturated heterocycles. The largest absolute Gasteiger partial charge is 0.345 e. The van der Waals surface area contributed by atoms with Gasteiger partial charge in [0.2, 0.25) is 5.28 Å². The van der Waals surface area contributed by atoms with Crippen LogP contribution >= 0.6 is 11.6 Å². The van der Waals surface area contributed by atoms with Crippen molar-refractivity contribution in [1.29, 1.82) is 0 Å². The summed E-state index contributed by atoms with van der Waals surface area (Å²) < 4.78 is 0. The molecule has 16 heavy (non-hydrogen) atoms. The van der Waals surface area contributed by atoms with Gasteiger partial charge in [-0.05, 0) is 29.8 Å². The van der Waals surface area contributed by atoms with Gasteiger partial charge in [-0.3, -0.25) is 0 Å². The second-order valence-corrected chi connectivity index (χ2v) is 3.65. The van der Waals surface area contributed by atoms with Crippen LogP contribution in [0.3, 0.4) is 0 Å². The first-order chi connectivity index (χ1) is 7.84. The lowest BCUT2D eigenvalue weighted by Crippen LogP contribution is -1.85. The molecule has 0 aliphatic heterocycles. The summed E-state index contributed by atoms with van der Waals surface area (Å²) in [6, 6.07) is 5.70. The second kappa shape index (κ2) is 3.57. The summed E-state index contributed by atoms with van der Waals surface area (Å²) >= 11 is 5.76. The normalized spacial score (nSPS) is 10.8. The lowest BCUT2D eigenvalue weighted by molar-refractivity contribution is 1.17. The van der Waals surface area contributed by atoms with Crippen molar-refractivity contribution in [2.75, 3.05) is 0 Å². The van der Waals surface area contributed by atoms with Crippen molar-refractivity contribution < 1.29 is 0 Å². The van der Waals surface area contributed by atoms with Crippen molar-refractivity contribution in [3.05, 3.63) is 42.1 Å². The summed E-state index contributed by atoms with van der Waals surface area (Å²) in [5.74, 6) is 0. The van der Waals surface area contributed by atoms with E-state index in [4.69, 9.17) is 11.6 Å². The number of pyridine rings is 1. The molecule has 0 fully saturated rings. The van der Waals surface area contributed by atoms with Crippen LogP contribution in [-0.4, -0.2) is 19.9 Å². The van der Waals surface area contributed by atoms with Crippen molar-refractivity contribution >= 4 is 22.6 Å². The summed E-state index contributed by atoms with van der Waals surface area (Å²) in [4.78, 5) is 15.3. The monoisotopic (exact) mass is 230 g/mol. The number of hydrogen-bond donors (Lipinski definition) is 1. The fraction of sp³-hybridized carbons (Fsp3) is 0. The van der Waals surface area contributed by atoms with Crippen LogP contribution in [0.15, 0.2) is 36.8 Å². The summed E-state index contributed by atoms with van der Waals surface area (Å²) in [6.07, 6.45) is 5.26. The quantitative estimate of drug-likeness (QED) is 0.654. The Balaban J connectivity index is 2.26. The molecule has 0 bridgehead atoms. The molecule has 4 nitrogen and oxygen atoms in total. The van der Waals surface area contributed by atoms with Crippen molar-refractivity contribution in [3.63, 3.8) is 0 Å². The Morgan fingerprint density at radius 2 is 2.06 bits per heavy atom. The minimum Gasteiger partial charge on any atom is -0.345 e. The zero-order valence-electron chi connectivity index (χ0n) is 8.18. The highest BCUT2D eigenvalue weighted by molar-refractivity contribution is 6.28. The number of nitrogens with zero attached hydrogens (tertiary/aromatic N) is 3. The number of H-pyrrole nitrogens is 1. The van der Waals surface area contributed by atoms with Crippen LogP contribution in [0.25, 0.3) is 22.3 Å². The Morgan fingerprint density at radius 3 is 2.94 bits per heavy atom. The van der Waals surface area contributed by atoms with Gasteiger partial charge in [-0.2, -0.15) is 0 Å². The Hall–Kier alpha value is -1.94. The standard InChI is InChI=1S/C11H7ClN4/c12-11-14-5-3-9(16-11)8-6-15-10-7(8)2-1-4-13-10/h1-6H,(H,13,15). The molecule has 0 aliphatic carbocycles. The minimum atomic E-state index is 0.246. The fourth-order valence-corrected chi connectivity index (χ4v) is 1.80. The predicted octanol–water partition coefficient (Wildman–Crippen LogP) is 2.67. The number of rotatable bonds is 1. The van der Waals surface area contributed by atoms with Crippen LogP contribution in [0, 0.1) is 0 Å². The Bertz CT molecular complexity index is 647. The number of aromatic amines is 1. The summed E-state index contributed by atoms with van der Waals surface area (Å²) in [6.45, 7) is 0. The number of halogens is 1. The molecule has 0 atom stereocenters. The molecule has 0 aliphatic rings. The van der Waals surface area contributed by atoms with E-state index in [2.05, 4.69) is 19.9 Å². The average Bonchev–Trinajstić information content (AvgIpc) is 2.72. The van der Waals surface area contributed by atoms with E-state index < -0.39 is 0 Å². The first kappa shape index (κ1) is 9.30. The first-order valence-corrected chi connectivity index (χ1v) is 5.13. The number of aromatic nitrogens is 4. The third-order valence-corrected chi connectivity index (χ3v) is 2.54. The van der Waals surface area contributed by atoms with E-state index in [9.17, 15) is 0 Å². The van der Waals surface area contributed by atoms with E-state index in [0.29, 0.717) is 0 Å². The van der Waals surface area contributed by atoms with Gasteiger partial charge in [-0.15, -0.1) is 0 Å². The van der Waals surface area contributed by atoms with Gasteiger partial charge in [0, 0.05) is 29.5 Å². The number of hydrogen-bond acceptors (Lipinski definition) is 3. The highest BCUT2D eigenvalue weighted by Crippen LogP contribution is 2.25. The molecule has 3 rings (SSSR count). The van der Waals surface area contributed by atoms with E-state index in [1.165, 1.54) is 0 Å². The average molecular weight is 231 g/mol. The molecule has 3 aromatic heterocycles. The van der Waals surface area contributed by atoms with Gasteiger partial charge in [0.1, 0.15) is 5.65 Å². The molecule has 3 heterocycles. The van der Waals surface area contributed by atoms with Crippen molar-refractivity contribution in [2.45, 2.75) is 0 Å². The van der Waals surface area contributed by atoms with Gasteiger partial charge in [0.25, 0.3) is 0 Å². The molecular formula is C11H7ClN4. The van der Waals surface area contributed by atoms with E-state index in [1.54, 1.807) is 12.4 Å². The highest BCUT2D eigenvalue weighted by atomic mass is 35.5. The molecule has 78 valence electrons. The molecular weight excluding hydrogens is 224 g/mol. The maximum atomic E-state index is 5.76. The van der Waals surface area contributed by atoms with Crippen molar-refractivity contribution in [3.8, 4) is 11.3 Å². The molecule has 0 aromatic carbocycles. The summed E-state index contributed by atoms with van der Waals surface area (Å²) in [5.41, 5.74) is 2.61. The minimum absolute atomic E-state index is 0.246. The molecule has 1 N–H and O–H groups in total. The van der Waals surface area contributed by atoms with Crippen LogP contribution in [-0.2, 0) is 0 Å². The molecule has 0 unspecified atom stereocenters. The van der Waals surface area contributed by atoms with Gasteiger partial charge in [0.05, 0.1) is 5.69 Å². The molecule has 0 radical (unpaired) electrons. The van der Waals surface area contributed by atoms with Gasteiger partial charge in [-0.1, -0.05) is 0 Å². The first-order valence-electron chi connectivity index (χ1n) is 4.75. The SMILES string of the molecule is Clc1nccc(-c2c[nH]c3ncccc23)n1. The van der Waals surface area contributed by atoms with E-state index in [-0.39, 0.29) is 5.28 Å². The molecule has 5 heteroatoms. The Morgan fingerprint density at radius 1 is 1.12 bits per heavy atom. The summed E-state index contributed by atoms with van der Waals surface area (Å²) in [7, 11) is 0. The Kier molecular flexibility index (Phi) is 2.08. The van der Waals surface area contributed by atoms with Crippen molar-refractivity contribution in [1.82, 2.24) is 19.9 Å². The maximum Gasteiger partial charge on any atom is 0.222 e. The van der Waals surface area contributed by atoms with Crippen molar-refractivity contribution in [2.24, 2.45) is 0 Å². The van der Waals surface area contributed by atoms with Gasteiger partial charge >= 0.3 is 0 Å². The summed E-state index contributed by atoms with van der Waals surface area (Å²) in [5, 5.41) is 1.27. The van der Waals surface area contributed by atoms with Crippen LogP contribution < -0.4 is 0 Å². The zero-order chi connectivity index (χ0) is 11.0. The molecule has 0 spiro atoms. The smallest absolute Gasteiger partial charge is 0.222 e. The Labute approximate surface area is 96.3 Å². The van der Waals surface area contributed by atoms with Gasteiger partial charge in [-0.25, -0.2) is 15.0 Å². The molecule has 3 aromatic rings. The maximum absolute atomic E-state index is 5.76. The van der Waals surface area contributed by atoms with Gasteiger partial charge in [0.15, 0.2) is 0 Å². The third-order valence-electron chi connectivity index (χ3n) is 2.35. The van der Waals surface area contributed by atoms with E-state index >= 15 is 0 Å². The predicted molar refractivity (Wildman–Crippen MR) is 62.1 cm³/mol. The van der Waals surface area contributed by atoms with Gasteiger partial charge < -0.3 is 4.98 Å². The molecule has 0 saturated carbocycles. The van der Waals surface area contributed by atoms with Crippen LogP contribution in [0.1, 0.15) is 0 Å². The van der Waals surface area contributed by atoms with Crippen LogP contribution in [0.2, 0.25) is 5.28 Å². The third kappa shape index (κ3) is 1.44. The number of fused-ring (bicyclic) bond motifs is 1. The molecule has 0 amide bonds. The lowest BCUT2D eigenvalue weighted by Gasteiger charge is -1.97. The van der Waals surface area contributed by atoms with E-state index in [0.717, 1.165) is 22.3 Å².